The zero-order valence-electron chi connectivity index (χ0n) is 19.5. The van der Waals surface area contributed by atoms with E-state index in [0.717, 1.165) is 29.5 Å². The van der Waals surface area contributed by atoms with Crippen molar-refractivity contribution in [1.82, 2.24) is 10.2 Å². The van der Waals surface area contributed by atoms with Crippen LogP contribution in [0.15, 0.2) is 96.9 Å². The average Bonchev–Trinajstić information content (AvgIpc) is 2.89. The van der Waals surface area contributed by atoms with E-state index in [4.69, 9.17) is 37.4 Å². The molecule has 1 N–H and O–H groups in total. The summed E-state index contributed by atoms with van der Waals surface area (Å²) in [5, 5.41) is 4.38. The summed E-state index contributed by atoms with van der Waals surface area (Å²) in [7, 11) is 0. The third-order valence-corrected chi connectivity index (χ3v) is 6.91. The van der Waals surface area contributed by atoms with E-state index in [-0.39, 0.29) is 18.2 Å². The zero-order valence-corrected chi connectivity index (χ0v) is 21.0. The Kier molecular flexibility index (Phi) is 7.66. The Morgan fingerprint density at radius 2 is 1.89 bits per heavy atom. The molecule has 2 heterocycles. The molecule has 2 aromatic carbocycles. The molecule has 0 bridgehead atoms. The topological polar surface area (TPSA) is 60.0 Å². The summed E-state index contributed by atoms with van der Waals surface area (Å²) in [5.74, 6) is 0.544. The van der Waals surface area contributed by atoms with Crippen LogP contribution in [0.3, 0.4) is 0 Å². The number of nitrogens with zero attached hydrogens (tertiary/aromatic N) is 1. The molecule has 8 heteroatoms. The predicted molar refractivity (Wildman–Crippen MR) is 139 cm³/mol. The maximum absolute atomic E-state index is 13.1. The quantitative estimate of drug-likeness (QED) is 0.449. The molecule has 36 heavy (non-hydrogen) atoms. The highest BCUT2D eigenvalue weighted by molar-refractivity contribution is 6.31. The summed E-state index contributed by atoms with van der Waals surface area (Å²) in [4.78, 5) is 14.8. The Bertz CT molecular complexity index is 1220. The lowest BCUT2D eigenvalue weighted by molar-refractivity contribution is -0.0647. The number of carbonyl (C=O) groups is 1. The molecule has 2 amide bonds. The predicted octanol–water partition coefficient (Wildman–Crippen LogP) is 6.50. The number of amides is 2. The summed E-state index contributed by atoms with van der Waals surface area (Å²) >= 11 is 12.6. The van der Waals surface area contributed by atoms with Crippen LogP contribution in [0.5, 0.6) is 0 Å². The molecule has 2 aromatic rings. The van der Waals surface area contributed by atoms with E-state index in [2.05, 4.69) is 11.4 Å². The number of hydrogen-bond donors (Lipinski definition) is 1. The first kappa shape index (κ1) is 24.5. The van der Waals surface area contributed by atoms with Crippen LogP contribution >= 0.6 is 23.2 Å². The van der Waals surface area contributed by atoms with Gasteiger partial charge in [-0.1, -0.05) is 71.8 Å². The molecular weight excluding hydrogens is 499 g/mol. The Morgan fingerprint density at radius 3 is 2.58 bits per heavy atom. The van der Waals surface area contributed by atoms with Crippen LogP contribution in [-0.4, -0.2) is 36.2 Å². The zero-order chi connectivity index (χ0) is 24.9. The van der Waals surface area contributed by atoms with Crippen molar-refractivity contribution in [2.75, 3.05) is 13.1 Å². The monoisotopic (exact) mass is 524 g/mol. The van der Waals surface area contributed by atoms with Gasteiger partial charge in [0, 0.05) is 15.6 Å². The van der Waals surface area contributed by atoms with Gasteiger partial charge in [0.2, 0.25) is 0 Å². The number of allylic oxidation sites excluding steroid dienone is 3. The fraction of sp³-hybridized carbons (Fsp3) is 0.250. The van der Waals surface area contributed by atoms with E-state index >= 15 is 0 Å². The van der Waals surface area contributed by atoms with Gasteiger partial charge in [-0.25, -0.2) is 4.79 Å². The van der Waals surface area contributed by atoms with Crippen molar-refractivity contribution in [3.63, 3.8) is 0 Å². The van der Waals surface area contributed by atoms with Crippen molar-refractivity contribution in [2.45, 2.75) is 31.1 Å². The van der Waals surface area contributed by atoms with Gasteiger partial charge in [0.25, 0.3) is 0 Å². The van der Waals surface area contributed by atoms with Crippen molar-refractivity contribution >= 4 is 29.2 Å². The highest BCUT2D eigenvalue weighted by Crippen LogP contribution is 2.34. The fourth-order valence-electron chi connectivity index (χ4n) is 4.37. The Balaban J connectivity index is 1.25. The van der Waals surface area contributed by atoms with Gasteiger partial charge in [0.15, 0.2) is 5.76 Å². The van der Waals surface area contributed by atoms with Gasteiger partial charge in [-0.15, -0.1) is 0 Å². The first-order chi connectivity index (χ1) is 17.6. The molecule has 0 aromatic heterocycles. The van der Waals surface area contributed by atoms with Crippen molar-refractivity contribution in [3.8, 4) is 0 Å². The van der Waals surface area contributed by atoms with Gasteiger partial charge in [-0.2, -0.15) is 0 Å². The first-order valence-corrected chi connectivity index (χ1v) is 12.6. The van der Waals surface area contributed by atoms with Crippen LogP contribution < -0.4 is 5.32 Å². The first-order valence-electron chi connectivity index (χ1n) is 11.8. The number of likely N-dealkylation sites (tertiary alicyclic amines) is 1. The van der Waals surface area contributed by atoms with Gasteiger partial charge < -0.3 is 24.4 Å². The highest BCUT2D eigenvalue weighted by Gasteiger charge is 2.36. The summed E-state index contributed by atoms with van der Waals surface area (Å²) < 4.78 is 17.4. The smallest absolute Gasteiger partial charge is 0.318 e. The van der Waals surface area contributed by atoms with E-state index in [0.29, 0.717) is 28.9 Å². The molecule has 0 radical (unpaired) electrons. The standard InChI is InChI=1S/C28H26Cl2N2O4/c29-21-12-10-20(11-13-21)27(23-8-4-5-9-24(23)30)36-22-16-32(17-22)28(33)31-26(19-6-2-1-3-7-19)25-18-34-14-15-35-25/h1-2,4-6,8-15,18,22,26-27H,3,7,16-17H2,(H,31,33). The average molecular weight is 525 g/mol. The molecule has 186 valence electrons. The van der Waals surface area contributed by atoms with Gasteiger partial charge in [0.05, 0.1) is 19.2 Å². The summed E-state index contributed by atoms with van der Waals surface area (Å²) in [6, 6.07) is 14.6. The lowest BCUT2D eigenvalue weighted by Gasteiger charge is -2.41. The summed E-state index contributed by atoms with van der Waals surface area (Å²) in [6.45, 7) is 0.921. The number of halogens is 2. The third kappa shape index (κ3) is 5.62. The SMILES string of the molecule is O=C(NC(C1=CC=CCC1)C1=COC=CO1)N1CC(OC(c2ccc(Cl)cc2)c2ccccc2Cl)C1. The summed E-state index contributed by atoms with van der Waals surface area (Å²) in [6.07, 6.45) is 11.8. The van der Waals surface area contributed by atoms with Crippen molar-refractivity contribution in [1.29, 1.82) is 0 Å². The molecule has 0 saturated carbocycles. The Hall–Kier alpha value is -3.19. The van der Waals surface area contributed by atoms with Gasteiger partial charge in [-0.3, -0.25) is 0 Å². The minimum absolute atomic E-state index is 0.139. The van der Waals surface area contributed by atoms with Crippen LogP contribution in [0, 0.1) is 0 Å². The number of benzene rings is 2. The molecule has 6 nitrogen and oxygen atoms in total. The van der Waals surface area contributed by atoms with Crippen molar-refractivity contribution in [3.05, 3.63) is 118 Å². The molecule has 1 aliphatic carbocycles. The molecule has 0 spiro atoms. The lowest BCUT2D eigenvalue weighted by atomic mass is 9.96. The fourth-order valence-corrected chi connectivity index (χ4v) is 4.73. The second kappa shape index (κ2) is 11.2. The minimum atomic E-state index is -0.405. The minimum Gasteiger partial charge on any atom is -0.466 e. The number of ether oxygens (including phenoxy) is 3. The Morgan fingerprint density at radius 1 is 1.08 bits per heavy atom. The molecule has 1 fully saturated rings. The van der Waals surface area contributed by atoms with E-state index in [1.165, 1.54) is 18.8 Å². The number of carbonyl (C=O) groups excluding carboxylic acids is 1. The molecule has 3 aliphatic rings. The van der Waals surface area contributed by atoms with Crippen LogP contribution in [0.25, 0.3) is 0 Å². The van der Waals surface area contributed by atoms with E-state index in [9.17, 15) is 4.79 Å². The van der Waals surface area contributed by atoms with Crippen LogP contribution in [0.2, 0.25) is 10.0 Å². The molecule has 1 saturated heterocycles. The van der Waals surface area contributed by atoms with Gasteiger partial charge in [-0.05, 0) is 42.2 Å². The van der Waals surface area contributed by atoms with E-state index in [1.54, 1.807) is 4.90 Å². The molecule has 2 atom stereocenters. The second-order valence-corrected chi connectivity index (χ2v) is 9.60. The maximum atomic E-state index is 13.1. The van der Waals surface area contributed by atoms with Crippen molar-refractivity contribution in [2.24, 2.45) is 0 Å². The number of urea groups is 1. The Labute approximate surface area is 220 Å². The maximum Gasteiger partial charge on any atom is 0.318 e. The number of rotatable bonds is 7. The van der Waals surface area contributed by atoms with Gasteiger partial charge >= 0.3 is 6.03 Å². The number of nitrogens with one attached hydrogen (secondary N) is 1. The second-order valence-electron chi connectivity index (χ2n) is 8.75. The molecular formula is C28H26Cl2N2O4. The van der Waals surface area contributed by atoms with Gasteiger partial charge in [0.1, 0.15) is 30.9 Å². The van der Waals surface area contributed by atoms with Crippen LogP contribution in [0.4, 0.5) is 4.79 Å². The normalized spacial score (nSPS) is 18.8. The summed E-state index contributed by atoms with van der Waals surface area (Å²) in [5.41, 5.74) is 2.88. The number of hydrogen-bond acceptors (Lipinski definition) is 4. The van der Waals surface area contributed by atoms with Crippen LogP contribution in [0.1, 0.15) is 30.1 Å². The van der Waals surface area contributed by atoms with Crippen molar-refractivity contribution < 1.29 is 19.0 Å². The largest absolute Gasteiger partial charge is 0.466 e. The molecule has 2 aliphatic heterocycles. The lowest BCUT2D eigenvalue weighted by Crippen LogP contribution is -2.59. The molecule has 5 rings (SSSR count). The third-order valence-electron chi connectivity index (χ3n) is 6.32. The molecule has 2 unspecified atom stereocenters. The highest BCUT2D eigenvalue weighted by atomic mass is 35.5. The van der Waals surface area contributed by atoms with E-state index in [1.807, 2.05) is 60.7 Å². The van der Waals surface area contributed by atoms with Crippen LogP contribution in [-0.2, 0) is 14.2 Å². The van der Waals surface area contributed by atoms with E-state index < -0.39 is 6.04 Å².